The van der Waals surface area contributed by atoms with Crippen molar-refractivity contribution in [3.05, 3.63) is 65.0 Å². The molecule has 0 aliphatic rings. The van der Waals surface area contributed by atoms with Crippen LogP contribution >= 0.6 is 11.8 Å². The van der Waals surface area contributed by atoms with Gasteiger partial charge in [0.1, 0.15) is 11.8 Å². The van der Waals surface area contributed by atoms with E-state index in [1.165, 1.54) is 11.8 Å². The van der Waals surface area contributed by atoms with Gasteiger partial charge in [-0.3, -0.25) is 9.59 Å². The van der Waals surface area contributed by atoms with Gasteiger partial charge in [0.2, 0.25) is 5.91 Å². The van der Waals surface area contributed by atoms with Gasteiger partial charge in [-0.15, -0.1) is 10.2 Å². The lowest BCUT2D eigenvalue weighted by Crippen LogP contribution is -2.32. The number of rotatable bonds is 10. The predicted molar refractivity (Wildman–Crippen MR) is 131 cm³/mol. The van der Waals surface area contributed by atoms with Crippen LogP contribution in [0.15, 0.2) is 47.6 Å². The molecule has 2 aromatic carbocycles. The number of hydrogen-bond donors (Lipinski definition) is 3. The van der Waals surface area contributed by atoms with Crippen molar-refractivity contribution in [3.63, 3.8) is 0 Å². The van der Waals surface area contributed by atoms with E-state index in [9.17, 15) is 14.7 Å². The molecule has 0 unspecified atom stereocenters. The molecule has 180 valence electrons. The minimum absolute atomic E-state index is 0.146. The Labute approximate surface area is 202 Å². The van der Waals surface area contributed by atoms with E-state index < -0.39 is 6.04 Å². The normalized spacial score (nSPS) is 11.7. The van der Waals surface area contributed by atoms with Crippen LogP contribution in [-0.4, -0.2) is 51.2 Å². The summed E-state index contributed by atoms with van der Waals surface area (Å²) in [7, 11) is 1.55. The molecule has 0 aliphatic carbocycles. The minimum atomic E-state index is -0.750. The number of amides is 2. The Morgan fingerprint density at radius 2 is 1.88 bits per heavy atom. The summed E-state index contributed by atoms with van der Waals surface area (Å²) in [6.45, 7) is 6.02. The topological polar surface area (TPSA) is 118 Å². The number of hydrogen-bond acceptors (Lipinski definition) is 7. The maximum atomic E-state index is 12.7. The molecule has 0 aliphatic heterocycles. The number of carbonyl (C=O) groups is 2. The SMILES string of the molecule is CCn1c(SCC(=O)Nc2ccc(C)cc2C)nnc1[C@@H](CO)NC(=O)c1ccc(OC)cc1. The number of aromatic nitrogens is 3. The summed E-state index contributed by atoms with van der Waals surface area (Å²) in [6, 6.07) is 11.8. The maximum absolute atomic E-state index is 12.7. The molecule has 3 rings (SSSR count). The number of anilines is 1. The Bertz CT molecular complexity index is 1150. The first-order valence-electron chi connectivity index (χ1n) is 10.8. The molecule has 10 heteroatoms. The molecular weight excluding hydrogens is 454 g/mol. The minimum Gasteiger partial charge on any atom is -0.497 e. The van der Waals surface area contributed by atoms with Crippen molar-refractivity contribution in [3.8, 4) is 5.75 Å². The van der Waals surface area contributed by atoms with Crippen LogP contribution in [0.1, 0.15) is 40.3 Å². The van der Waals surface area contributed by atoms with Crippen LogP contribution < -0.4 is 15.4 Å². The van der Waals surface area contributed by atoms with Gasteiger partial charge in [-0.1, -0.05) is 29.5 Å². The van der Waals surface area contributed by atoms with Gasteiger partial charge >= 0.3 is 0 Å². The quantitative estimate of drug-likeness (QED) is 0.379. The lowest BCUT2D eigenvalue weighted by Gasteiger charge is -2.17. The molecule has 0 bridgehead atoms. The largest absolute Gasteiger partial charge is 0.497 e. The smallest absolute Gasteiger partial charge is 0.251 e. The van der Waals surface area contributed by atoms with Crippen LogP contribution in [0.25, 0.3) is 0 Å². The third-order valence-electron chi connectivity index (χ3n) is 5.20. The molecule has 3 aromatic rings. The first kappa shape index (κ1) is 25.3. The van der Waals surface area contributed by atoms with Gasteiger partial charge in [0.05, 0.1) is 19.5 Å². The van der Waals surface area contributed by atoms with E-state index in [4.69, 9.17) is 4.74 Å². The van der Waals surface area contributed by atoms with Gasteiger partial charge in [0.25, 0.3) is 5.91 Å². The summed E-state index contributed by atoms with van der Waals surface area (Å²) in [5.41, 5.74) is 3.33. The van der Waals surface area contributed by atoms with Crippen molar-refractivity contribution in [2.75, 3.05) is 24.8 Å². The number of methoxy groups -OCH3 is 1. The number of aliphatic hydroxyl groups excluding tert-OH is 1. The van der Waals surface area contributed by atoms with E-state index in [-0.39, 0.29) is 24.2 Å². The molecular formula is C24H29N5O4S. The van der Waals surface area contributed by atoms with Crippen LogP contribution in [0.3, 0.4) is 0 Å². The highest BCUT2D eigenvalue weighted by Crippen LogP contribution is 2.22. The predicted octanol–water partition coefficient (Wildman–Crippen LogP) is 3.12. The molecule has 1 aromatic heterocycles. The van der Waals surface area contributed by atoms with Gasteiger partial charge in [0.15, 0.2) is 11.0 Å². The Morgan fingerprint density at radius 1 is 1.15 bits per heavy atom. The zero-order valence-electron chi connectivity index (χ0n) is 19.7. The first-order chi connectivity index (χ1) is 16.4. The number of nitrogens with zero attached hydrogens (tertiary/aromatic N) is 3. The molecule has 2 amide bonds. The van der Waals surface area contributed by atoms with Gasteiger partial charge in [-0.25, -0.2) is 0 Å². The number of thioether (sulfide) groups is 1. The molecule has 0 fully saturated rings. The average Bonchev–Trinajstić information content (AvgIpc) is 3.25. The van der Waals surface area contributed by atoms with Gasteiger partial charge in [0, 0.05) is 17.8 Å². The van der Waals surface area contributed by atoms with Crippen LogP contribution in [0, 0.1) is 13.8 Å². The van der Waals surface area contributed by atoms with E-state index in [1.54, 1.807) is 35.9 Å². The Balaban J connectivity index is 1.66. The highest BCUT2D eigenvalue weighted by molar-refractivity contribution is 7.99. The van der Waals surface area contributed by atoms with Crippen LogP contribution in [0.4, 0.5) is 5.69 Å². The third-order valence-corrected chi connectivity index (χ3v) is 6.17. The maximum Gasteiger partial charge on any atom is 0.251 e. The van der Waals surface area contributed by atoms with Gasteiger partial charge in [-0.05, 0) is 56.7 Å². The molecule has 0 saturated carbocycles. The molecule has 0 saturated heterocycles. The van der Waals surface area contributed by atoms with E-state index in [0.717, 1.165) is 16.8 Å². The van der Waals surface area contributed by atoms with Crippen molar-refractivity contribution < 1.29 is 19.4 Å². The highest BCUT2D eigenvalue weighted by atomic mass is 32.2. The molecule has 34 heavy (non-hydrogen) atoms. The van der Waals surface area contributed by atoms with Crippen molar-refractivity contribution in [2.45, 2.75) is 38.5 Å². The summed E-state index contributed by atoms with van der Waals surface area (Å²) >= 11 is 1.25. The monoisotopic (exact) mass is 483 g/mol. The Kier molecular flexibility index (Phi) is 8.67. The van der Waals surface area contributed by atoms with Crippen LogP contribution in [-0.2, 0) is 11.3 Å². The van der Waals surface area contributed by atoms with Crippen LogP contribution in [0.5, 0.6) is 5.75 Å². The summed E-state index contributed by atoms with van der Waals surface area (Å²) < 4.78 is 6.89. The fourth-order valence-electron chi connectivity index (χ4n) is 3.41. The summed E-state index contributed by atoms with van der Waals surface area (Å²) in [5, 5.41) is 24.5. The average molecular weight is 484 g/mol. The second-order valence-corrected chi connectivity index (χ2v) is 8.62. The number of aliphatic hydroxyl groups is 1. The molecule has 1 atom stereocenters. The van der Waals surface area contributed by atoms with Crippen molar-refractivity contribution >= 4 is 29.3 Å². The van der Waals surface area contributed by atoms with Crippen molar-refractivity contribution in [1.29, 1.82) is 0 Å². The lowest BCUT2D eigenvalue weighted by atomic mass is 10.1. The Hall–Kier alpha value is -3.37. The second-order valence-electron chi connectivity index (χ2n) is 7.68. The van der Waals surface area contributed by atoms with Crippen molar-refractivity contribution in [1.82, 2.24) is 20.1 Å². The lowest BCUT2D eigenvalue weighted by molar-refractivity contribution is -0.113. The molecule has 9 nitrogen and oxygen atoms in total. The number of nitrogens with one attached hydrogen (secondary N) is 2. The fourth-order valence-corrected chi connectivity index (χ4v) is 4.22. The van der Waals surface area contributed by atoms with E-state index >= 15 is 0 Å². The first-order valence-corrected chi connectivity index (χ1v) is 11.8. The molecule has 0 radical (unpaired) electrons. The zero-order chi connectivity index (χ0) is 24.7. The van der Waals surface area contributed by atoms with Gasteiger partial charge < -0.3 is 25.0 Å². The van der Waals surface area contributed by atoms with Crippen molar-refractivity contribution in [2.24, 2.45) is 0 Å². The number of aryl methyl sites for hydroxylation is 2. The highest BCUT2D eigenvalue weighted by Gasteiger charge is 2.23. The third kappa shape index (κ3) is 6.15. The van der Waals surface area contributed by atoms with Gasteiger partial charge in [-0.2, -0.15) is 0 Å². The van der Waals surface area contributed by atoms with Crippen LogP contribution in [0.2, 0.25) is 0 Å². The summed E-state index contributed by atoms with van der Waals surface area (Å²) in [4.78, 5) is 25.1. The number of carbonyl (C=O) groups excluding carboxylic acids is 2. The van der Waals surface area contributed by atoms with E-state index in [2.05, 4.69) is 20.8 Å². The zero-order valence-corrected chi connectivity index (χ0v) is 20.5. The van der Waals surface area contributed by atoms with E-state index in [1.807, 2.05) is 39.0 Å². The summed E-state index contributed by atoms with van der Waals surface area (Å²) in [6.07, 6.45) is 0. The number of benzene rings is 2. The molecule has 0 spiro atoms. The summed E-state index contributed by atoms with van der Waals surface area (Å²) in [5.74, 6) is 0.700. The van der Waals surface area contributed by atoms with E-state index in [0.29, 0.717) is 28.8 Å². The molecule has 1 heterocycles. The standard InChI is InChI=1S/C24H29N5O4S/c1-5-29-22(20(13-30)26-23(32)17-7-9-18(33-4)10-8-17)27-28-24(29)34-14-21(31)25-19-11-6-15(2)12-16(19)3/h6-12,20,30H,5,13-14H2,1-4H3,(H,25,31)(H,26,32)/t20-/m1/s1. The second kappa shape index (κ2) is 11.7. The number of ether oxygens (including phenoxy) is 1. The molecule has 3 N–H and O–H groups in total. The fraction of sp³-hybridized carbons (Fsp3) is 0.333. The Morgan fingerprint density at radius 3 is 2.50 bits per heavy atom.